The summed E-state index contributed by atoms with van der Waals surface area (Å²) in [5.41, 5.74) is 0. The number of methoxy groups -OCH3 is 1. The Labute approximate surface area is 114 Å². The topological polar surface area (TPSA) is 101 Å². The Bertz CT molecular complexity index is 591. The van der Waals surface area contributed by atoms with E-state index in [0.29, 0.717) is 4.31 Å². The van der Waals surface area contributed by atoms with Gasteiger partial charge >= 0.3 is 11.9 Å². The number of carboxylic acid groups (broad SMARTS) is 1. The number of rotatable bonds is 5. The summed E-state index contributed by atoms with van der Waals surface area (Å²) in [4.78, 5) is 22.0. The summed E-state index contributed by atoms with van der Waals surface area (Å²) < 4.78 is 29.7. The van der Waals surface area contributed by atoms with Crippen LogP contribution < -0.4 is 0 Å². The fourth-order valence-electron chi connectivity index (χ4n) is 1.26. The largest absolute Gasteiger partial charge is 0.480 e. The molecule has 1 unspecified atom stereocenters. The number of hydrogen-bond donors (Lipinski definition) is 1. The zero-order valence-corrected chi connectivity index (χ0v) is 12.1. The van der Waals surface area contributed by atoms with Crippen LogP contribution in [-0.4, -0.2) is 50.0 Å². The molecule has 1 aromatic heterocycles. The maximum atomic E-state index is 12.2. The smallest absolute Gasteiger partial charge is 0.349 e. The molecule has 0 saturated heterocycles. The Balaban J connectivity index is 3.25. The van der Waals surface area contributed by atoms with Gasteiger partial charge in [-0.25, -0.2) is 13.2 Å². The molecular weight excluding hydrogens is 294 g/mol. The Morgan fingerprint density at radius 1 is 1.47 bits per heavy atom. The van der Waals surface area contributed by atoms with Crippen LogP contribution in [-0.2, 0) is 19.6 Å². The summed E-state index contributed by atoms with van der Waals surface area (Å²) in [5.74, 6) is -2.05. The zero-order valence-electron chi connectivity index (χ0n) is 10.5. The van der Waals surface area contributed by atoms with Gasteiger partial charge in [0, 0.05) is 7.05 Å². The Morgan fingerprint density at radius 2 is 2.05 bits per heavy atom. The van der Waals surface area contributed by atoms with Crippen LogP contribution in [0.3, 0.4) is 0 Å². The predicted octanol–water partition coefficient (Wildman–Crippen LogP) is 0.628. The number of carbonyl (C=O) groups excluding carboxylic acids is 1. The lowest BCUT2D eigenvalue weighted by Gasteiger charge is -2.20. The van der Waals surface area contributed by atoms with Crippen molar-refractivity contribution in [2.75, 3.05) is 14.2 Å². The first-order valence-electron chi connectivity index (χ1n) is 5.10. The average molecular weight is 307 g/mol. The van der Waals surface area contributed by atoms with Gasteiger partial charge in [-0.15, -0.1) is 11.3 Å². The van der Waals surface area contributed by atoms with E-state index in [1.54, 1.807) is 0 Å². The number of ether oxygens (including phenoxy) is 1. The van der Waals surface area contributed by atoms with Crippen LogP contribution in [0.25, 0.3) is 0 Å². The molecule has 0 aliphatic rings. The van der Waals surface area contributed by atoms with Crippen LogP contribution in [0.2, 0.25) is 0 Å². The Morgan fingerprint density at radius 3 is 2.53 bits per heavy atom. The normalized spacial score (nSPS) is 13.3. The molecule has 0 fully saturated rings. The van der Waals surface area contributed by atoms with Crippen LogP contribution >= 0.6 is 11.3 Å². The molecule has 19 heavy (non-hydrogen) atoms. The SMILES string of the molecule is COC(=O)c1sccc1S(=O)(=O)N(C)C(C)C(=O)O. The maximum absolute atomic E-state index is 12.2. The number of carbonyl (C=O) groups is 2. The molecule has 9 heteroatoms. The number of likely N-dealkylation sites (N-methyl/N-ethyl adjacent to an activating group) is 1. The van der Waals surface area contributed by atoms with Gasteiger partial charge in [-0.2, -0.15) is 4.31 Å². The van der Waals surface area contributed by atoms with Gasteiger partial charge in [-0.05, 0) is 18.4 Å². The molecule has 1 rings (SSSR count). The van der Waals surface area contributed by atoms with Crippen molar-refractivity contribution < 1.29 is 27.9 Å². The minimum Gasteiger partial charge on any atom is -0.480 e. The summed E-state index contributed by atoms with van der Waals surface area (Å²) in [6, 6.07) is 0.00697. The fourth-order valence-corrected chi connectivity index (χ4v) is 3.89. The molecule has 1 atom stereocenters. The minimum absolute atomic E-state index is 0.0769. The summed E-state index contributed by atoms with van der Waals surface area (Å²) >= 11 is 0.919. The molecule has 0 aromatic carbocycles. The predicted molar refractivity (Wildman–Crippen MR) is 67.7 cm³/mol. The molecule has 1 aromatic rings. The van der Waals surface area contributed by atoms with Crippen molar-refractivity contribution in [2.45, 2.75) is 17.9 Å². The Kier molecular flexibility index (Phi) is 4.66. The van der Waals surface area contributed by atoms with Crippen molar-refractivity contribution in [1.29, 1.82) is 0 Å². The second-order valence-electron chi connectivity index (χ2n) is 3.64. The minimum atomic E-state index is -4.06. The lowest BCUT2D eigenvalue weighted by atomic mass is 10.4. The summed E-state index contributed by atoms with van der Waals surface area (Å²) in [6.07, 6.45) is 0. The first-order valence-corrected chi connectivity index (χ1v) is 7.42. The number of hydrogen-bond acceptors (Lipinski definition) is 6. The van der Waals surface area contributed by atoms with Crippen molar-refractivity contribution in [1.82, 2.24) is 4.31 Å². The van der Waals surface area contributed by atoms with Crippen LogP contribution in [0.5, 0.6) is 0 Å². The van der Waals surface area contributed by atoms with Crippen LogP contribution in [0, 0.1) is 0 Å². The molecule has 106 valence electrons. The lowest BCUT2D eigenvalue weighted by Crippen LogP contribution is -2.40. The van der Waals surface area contributed by atoms with E-state index in [-0.39, 0.29) is 9.77 Å². The van der Waals surface area contributed by atoms with Gasteiger partial charge < -0.3 is 9.84 Å². The number of carboxylic acids is 1. The summed E-state index contributed by atoms with van der Waals surface area (Å²) in [6.45, 7) is 1.24. The highest BCUT2D eigenvalue weighted by Gasteiger charge is 2.33. The quantitative estimate of drug-likeness (QED) is 0.801. The highest BCUT2D eigenvalue weighted by molar-refractivity contribution is 7.89. The third-order valence-corrected chi connectivity index (χ3v) is 5.55. The fraction of sp³-hybridized carbons (Fsp3) is 0.400. The van der Waals surface area contributed by atoms with E-state index in [0.717, 1.165) is 25.5 Å². The van der Waals surface area contributed by atoms with Gasteiger partial charge in [0.25, 0.3) is 0 Å². The number of thiophene rings is 1. The molecule has 0 radical (unpaired) electrons. The monoisotopic (exact) mass is 307 g/mol. The van der Waals surface area contributed by atoms with Gasteiger partial charge in [0.15, 0.2) is 0 Å². The van der Waals surface area contributed by atoms with E-state index >= 15 is 0 Å². The van der Waals surface area contributed by atoms with Crippen molar-refractivity contribution >= 4 is 33.3 Å². The van der Waals surface area contributed by atoms with Gasteiger partial charge in [0.2, 0.25) is 10.0 Å². The third kappa shape index (κ3) is 2.94. The zero-order chi connectivity index (χ0) is 14.8. The number of nitrogens with zero attached hydrogens (tertiary/aromatic N) is 1. The van der Waals surface area contributed by atoms with E-state index in [9.17, 15) is 18.0 Å². The van der Waals surface area contributed by atoms with Crippen molar-refractivity contribution in [3.63, 3.8) is 0 Å². The lowest BCUT2D eigenvalue weighted by molar-refractivity contribution is -0.140. The van der Waals surface area contributed by atoms with Gasteiger partial charge in [0.05, 0.1) is 7.11 Å². The molecule has 0 aliphatic carbocycles. The van der Waals surface area contributed by atoms with Crippen molar-refractivity contribution in [2.24, 2.45) is 0 Å². The first-order chi connectivity index (χ1) is 8.73. The highest BCUT2D eigenvalue weighted by atomic mass is 32.2. The molecule has 0 saturated carbocycles. The highest BCUT2D eigenvalue weighted by Crippen LogP contribution is 2.26. The molecular formula is C10H13NO6S2. The van der Waals surface area contributed by atoms with Gasteiger partial charge in [-0.1, -0.05) is 0 Å². The van der Waals surface area contributed by atoms with E-state index in [4.69, 9.17) is 5.11 Å². The second kappa shape index (κ2) is 5.68. The van der Waals surface area contributed by atoms with E-state index in [1.807, 2.05) is 0 Å². The van der Waals surface area contributed by atoms with Gasteiger partial charge in [-0.3, -0.25) is 4.79 Å². The third-order valence-electron chi connectivity index (χ3n) is 2.56. The first kappa shape index (κ1) is 15.6. The second-order valence-corrected chi connectivity index (χ2v) is 6.52. The number of esters is 1. The van der Waals surface area contributed by atoms with Crippen molar-refractivity contribution in [3.05, 3.63) is 16.3 Å². The van der Waals surface area contributed by atoms with E-state index in [2.05, 4.69) is 4.74 Å². The molecule has 0 bridgehead atoms. The molecule has 7 nitrogen and oxygen atoms in total. The van der Waals surface area contributed by atoms with Gasteiger partial charge in [0.1, 0.15) is 15.8 Å². The van der Waals surface area contributed by atoms with Crippen LogP contribution in [0.1, 0.15) is 16.6 Å². The molecule has 1 heterocycles. The molecule has 0 aliphatic heterocycles. The average Bonchev–Trinajstić information content (AvgIpc) is 2.85. The van der Waals surface area contributed by atoms with Crippen molar-refractivity contribution in [3.8, 4) is 0 Å². The molecule has 0 spiro atoms. The molecule has 0 amide bonds. The van der Waals surface area contributed by atoms with E-state index < -0.39 is 28.0 Å². The number of sulfonamides is 1. The van der Waals surface area contributed by atoms with Crippen LogP contribution in [0.15, 0.2) is 16.3 Å². The summed E-state index contributed by atoms with van der Waals surface area (Å²) in [7, 11) is -1.78. The number of aliphatic carboxylic acids is 1. The van der Waals surface area contributed by atoms with Crippen LogP contribution in [0.4, 0.5) is 0 Å². The molecule has 1 N–H and O–H groups in total. The maximum Gasteiger partial charge on any atom is 0.349 e. The Hall–Kier alpha value is -1.45. The standard InChI is InChI=1S/C10H13NO6S2/c1-6(9(12)13)11(2)19(15,16)7-4-5-18-8(7)10(14)17-3/h4-6H,1-3H3,(H,12,13). The summed E-state index contributed by atoms with van der Waals surface area (Å²) in [5, 5.41) is 10.3. The van der Waals surface area contributed by atoms with E-state index in [1.165, 1.54) is 18.4 Å².